The highest BCUT2D eigenvalue weighted by Crippen LogP contribution is 2.23. The minimum Gasteiger partial charge on any atom is -0.384 e. The second-order valence-corrected chi connectivity index (χ2v) is 5.36. The quantitative estimate of drug-likeness (QED) is 0.654. The second kappa shape index (κ2) is 6.22. The monoisotopic (exact) mass is 278 g/mol. The third kappa shape index (κ3) is 3.10. The van der Waals surface area contributed by atoms with Crippen molar-refractivity contribution < 1.29 is 4.39 Å². The fraction of sp³-hybridized carbons (Fsp3) is 0.533. The lowest BCUT2D eigenvalue weighted by molar-refractivity contribution is 0.193. The zero-order valence-corrected chi connectivity index (χ0v) is 12.2. The van der Waals surface area contributed by atoms with Gasteiger partial charge in [-0.15, -0.1) is 0 Å². The summed E-state index contributed by atoms with van der Waals surface area (Å²) in [6.07, 6.45) is 1.15. The van der Waals surface area contributed by atoms with Crippen LogP contribution in [0.1, 0.15) is 25.8 Å². The number of rotatable bonds is 4. The molecule has 0 saturated carbocycles. The van der Waals surface area contributed by atoms with Gasteiger partial charge in [0.25, 0.3) is 0 Å². The molecule has 0 aliphatic carbocycles. The molecule has 0 aromatic heterocycles. The van der Waals surface area contributed by atoms with E-state index < -0.39 is 0 Å². The van der Waals surface area contributed by atoms with Gasteiger partial charge in [-0.1, -0.05) is 6.92 Å². The second-order valence-electron chi connectivity index (χ2n) is 5.36. The Morgan fingerprint density at radius 2 is 2.00 bits per heavy atom. The van der Waals surface area contributed by atoms with Crippen LogP contribution in [-0.4, -0.2) is 43.0 Å². The number of amidine groups is 1. The van der Waals surface area contributed by atoms with Crippen LogP contribution < -0.4 is 10.6 Å². The number of hydrogen-bond donors (Lipinski definition) is 2. The van der Waals surface area contributed by atoms with Crippen LogP contribution in [-0.2, 0) is 0 Å². The molecule has 110 valence electrons. The molecule has 2 rings (SSSR count). The summed E-state index contributed by atoms with van der Waals surface area (Å²) in [7, 11) is 0. The van der Waals surface area contributed by atoms with Crippen LogP contribution in [0.5, 0.6) is 0 Å². The normalized spacial score (nSPS) is 18.1. The van der Waals surface area contributed by atoms with Crippen molar-refractivity contribution in [2.24, 2.45) is 5.73 Å². The maximum absolute atomic E-state index is 13.3. The van der Waals surface area contributed by atoms with E-state index >= 15 is 0 Å². The summed E-state index contributed by atoms with van der Waals surface area (Å²) in [6.45, 7) is 8.19. The van der Waals surface area contributed by atoms with E-state index in [2.05, 4.69) is 23.6 Å². The topological polar surface area (TPSA) is 56.4 Å². The number of halogens is 1. The Labute approximate surface area is 119 Å². The van der Waals surface area contributed by atoms with Crippen LogP contribution in [0.15, 0.2) is 18.2 Å². The maximum atomic E-state index is 13.3. The van der Waals surface area contributed by atoms with E-state index in [1.54, 1.807) is 6.07 Å². The summed E-state index contributed by atoms with van der Waals surface area (Å²) >= 11 is 0. The zero-order chi connectivity index (χ0) is 14.7. The van der Waals surface area contributed by atoms with Gasteiger partial charge in [0, 0.05) is 43.5 Å². The van der Waals surface area contributed by atoms with Crippen molar-refractivity contribution in [3.63, 3.8) is 0 Å². The van der Waals surface area contributed by atoms with Crippen LogP contribution in [0.3, 0.4) is 0 Å². The first-order valence-electron chi connectivity index (χ1n) is 7.16. The maximum Gasteiger partial charge on any atom is 0.125 e. The predicted molar refractivity (Wildman–Crippen MR) is 81.0 cm³/mol. The number of anilines is 1. The van der Waals surface area contributed by atoms with E-state index in [0.29, 0.717) is 11.6 Å². The van der Waals surface area contributed by atoms with Crippen molar-refractivity contribution in [3.8, 4) is 0 Å². The Hall–Kier alpha value is -1.62. The van der Waals surface area contributed by atoms with E-state index in [4.69, 9.17) is 11.1 Å². The molecule has 1 aromatic rings. The predicted octanol–water partition coefficient (Wildman–Crippen LogP) is 2.03. The molecule has 1 heterocycles. The molecule has 1 aromatic carbocycles. The van der Waals surface area contributed by atoms with Gasteiger partial charge >= 0.3 is 0 Å². The highest BCUT2D eigenvalue weighted by molar-refractivity contribution is 6.00. The third-order valence-electron chi connectivity index (χ3n) is 4.12. The van der Waals surface area contributed by atoms with Crippen LogP contribution in [0.25, 0.3) is 0 Å². The standard InChI is InChI=1S/C15H23FN4/c1-3-11(2)19-6-8-20(9-7-19)14-5-4-12(16)10-13(14)15(17)18/h4-5,10-11H,3,6-9H2,1-2H3,(H3,17,18). The highest BCUT2D eigenvalue weighted by Gasteiger charge is 2.22. The van der Waals surface area contributed by atoms with Crippen molar-refractivity contribution in [1.29, 1.82) is 5.41 Å². The molecule has 3 N–H and O–H groups in total. The number of nitrogens with one attached hydrogen (secondary N) is 1. The van der Waals surface area contributed by atoms with Gasteiger partial charge in [0.05, 0.1) is 0 Å². The molecule has 1 aliphatic heterocycles. The Balaban J connectivity index is 2.13. The number of hydrogen-bond acceptors (Lipinski definition) is 3. The third-order valence-corrected chi connectivity index (χ3v) is 4.12. The largest absolute Gasteiger partial charge is 0.384 e. The number of nitrogen functional groups attached to an aromatic ring is 1. The molecule has 5 heteroatoms. The summed E-state index contributed by atoms with van der Waals surface area (Å²) in [6, 6.07) is 5.10. The van der Waals surface area contributed by atoms with E-state index in [1.807, 2.05) is 0 Å². The van der Waals surface area contributed by atoms with Gasteiger partial charge in [-0.2, -0.15) is 0 Å². The van der Waals surface area contributed by atoms with Crippen LogP contribution >= 0.6 is 0 Å². The van der Waals surface area contributed by atoms with Gasteiger partial charge in [0.2, 0.25) is 0 Å². The SMILES string of the molecule is CCC(C)N1CCN(c2ccc(F)cc2C(=N)N)CC1. The van der Waals surface area contributed by atoms with Crippen molar-refractivity contribution in [2.75, 3.05) is 31.1 Å². The lowest BCUT2D eigenvalue weighted by atomic mass is 10.1. The van der Waals surface area contributed by atoms with Crippen LogP contribution in [0.2, 0.25) is 0 Å². The molecule has 20 heavy (non-hydrogen) atoms. The lowest BCUT2D eigenvalue weighted by Crippen LogP contribution is -2.49. The number of benzene rings is 1. The van der Waals surface area contributed by atoms with Gasteiger partial charge in [-0.25, -0.2) is 4.39 Å². The van der Waals surface area contributed by atoms with Crippen molar-refractivity contribution in [1.82, 2.24) is 4.90 Å². The van der Waals surface area contributed by atoms with Gasteiger partial charge < -0.3 is 10.6 Å². The Kier molecular flexibility index (Phi) is 4.60. The smallest absolute Gasteiger partial charge is 0.125 e. The van der Waals surface area contributed by atoms with E-state index in [-0.39, 0.29) is 11.7 Å². The highest BCUT2D eigenvalue weighted by atomic mass is 19.1. The van der Waals surface area contributed by atoms with Crippen LogP contribution in [0, 0.1) is 11.2 Å². The van der Waals surface area contributed by atoms with E-state index in [0.717, 1.165) is 38.3 Å². The molecule has 1 fully saturated rings. The molecule has 0 spiro atoms. The molecule has 0 amide bonds. The Morgan fingerprint density at radius 3 is 2.55 bits per heavy atom. The van der Waals surface area contributed by atoms with Crippen molar-refractivity contribution in [3.05, 3.63) is 29.6 Å². The molecule has 0 bridgehead atoms. The summed E-state index contributed by atoms with van der Waals surface area (Å²) in [5.74, 6) is -0.430. The Bertz CT molecular complexity index is 481. The molecule has 1 atom stereocenters. The number of nitrogens with zero attached hydrogens (tertiary/aromatic N) is 2. The molecular weight excluding hydrogens is 255 g/mol. The molecule has 1 aliphatic rings. The van der Waals surface area contributed by atoms with E-state index in [9.17, 15) is 4.39 Å². The number of nitrogens with two attached hydrogens (primary N) is 1. The molecule has 0 radical (unpaired) electrons. The van der Waals surface area contributed by atoms with Crippen molar-refractivity contribution >= 4 is 11.5 Å². The van der Waals surface area contributed by atoms with Gasteiger partial charge in [0.1, 0.15) is 11.7 Å². The fourth-order valence-electron chi connectivity index (χ4n) is 2.66. The van der Waals surface area contributed by atoms with Gasteiger partial charge in [0.15, 0.2) is 0 Å². The van der Waals surface area contributed by atoms with Crippen LogP contribution in [0.4, 0.5) is 10.1 Å². The fourth-order valence-corrected chi connectivity index (χ4v) is 2.66. The van der Waals surface area contributed by atoms with E-state index in [1.165, 1.54) is 12.1 Å². The minimum atomic E-state index is -0.350. The zero-order valence-electron chi connectivity index (χ0n) is 12.2. The summed E-state index contributed by atoms with van der Waals surface area (Å²) < 4.78 is 13.3. The molecule has 4 nitrogen and oxygen atoms in total. The van der Waals surface area contributed by atoms with Crippen molar-refractivity contribution in [2.45, 2.75) is 26.3 Å². The summed E-state index contributed by atoms with van der Waals surface area (Å²) in [5.41, 5.74) is 6.92. The first-order valence-corrected chi connectivity index (χ1v) is 7.16. The summed E-state index contributed by atoms with van der Waals surface area (Å²) in [5, 5.41) is 7.60. The lowest BCUT2D eigenvalue weighted by Gasteiger charge is -2.39. The van der Waals surface area contributed by atoms with Gasteiger partial charge in [-0.3, -0.25) is 10.3 Å². The average molecular weight is 278 g/mol. The minimum absolute atomic E-state index is 0.0798. The average Bonchev–Trinajstić information content (AvgIpc) is 2.46. The van der Waals surface area contributed by atoms with Gasteiger partial charge in [-0.05, 0) is 31.5 Å². The summed E-state index contributed by atoms with van der Waals surface area (Å²) in [4.78, 5) is 4.66. The Morgan fingerprint density at radius 1 is 1.35 bits per heavy atom. The number of piperazine rings is 1. The first-order chi connectivity index (χ1) is 9.52. The molecule has 1 saturated heterocycles. The molecule has 1 unspecified atom stereocenters. The first kappa shape index (κ1) is 14.8. The molecular formula is C15H23FN4.